The van der Waals surface area contributed by atoms with E-state index in [2.05, 4.69) is 10.6 Å². The van der Waals surface area contributed by atoms with Gasteiger partial charge in [-0.3, -0.25) is 13.9 Å². The Morgan fingerprint density at radius 3 is 2.33 bits per heavy atom. The minimum Gasteiger partial charge on any atom is -0.348 e. The Labute approximate surface area is 194 Å². The van der Waals surface area contributed by atoms with Gasteiger partial charge in [-0.05, 0) is 62.1 Å². The molecule has 12 heteroatoms. The van der Waals surface area contributed by atoms with Crippen LogP contribution in [0.2, 0.25) is 0 Å². The van der Waals surface area contributed by atoms with Crippen molar-refractivity contribution in [3.05, 3.63) is 23.8 Å². The molecule has 10 nitrogen and oxygen atoms in total. The number of nitrogens with zero attached hydrogens (tertiary/aromatic N) is 2. The zero-order valence-corrected chi connectivity index (χ0v) is 20.3. The van der Waals surface area contributed by atoms with Crippen LogP contribution in [0.3, 0.4) is 0 Å². The summed E-state index contributed by atoms with van der Waals surface area (Å²) < 4.78 is 51.6. The number of hydrogen-bond donors (Lipinski definition) is 2. The Morgan fingerprint density at radius 1 is 1.00 bits per heavy atom. The second-order valence-electron chi connectivity index (χ2n) is 9.03. The summed E-state index contributed by atoms with van der Waals surface area (Å²) in [6.45, 7) is 1.56. The highest BCUT2D eigenvalue weighted by Gasteiger charge is 2.41. The maximum Gasteiger partial charge on any atom is 0.313 e. The van der Waals surface area contributed by atoms with Crippen molar-refractivity contribution in [2.24, 2.45) is 5.92 Å². The van der Waals surface area contributed by atoms with E-state index in [1.807, 2.05) is 0 Å². The third-order valence-corrected chi connectivity index (χ3v) is 10.0. The molecule has 1 saturated heterocycles. The van der Waals surface area contributed by atoms with Crippen molar-refractivity contribution in [1.29, 1.82) is 0 Å². The molecule has 182 valence electrons. The number of aryl methyl sites for hydroxylation is 1. The van der Waals surface area contributed by atoms with Crippen LogP contribution in [0.25, 0.3) is 0 Å². The summed E-state index contributed by atoms with van der Waals surface area (Å²) in [5, 5.41) is 4.95. The number of rotatable bonds is 6. The number of fused-ring (bicyclic) bond motifs is 1. The number of carbonyl (C=O) groups excluding carboxylic acids is 2. The Kier molecular flexibility index (Phi) is 6.70. The summed E-state index contributed by atoms with van der Waals surface area (Å²) in [5.74, 6) is -1.49. The zero-order chi connectivity index (χ0) is 23.8. The maximum absolute atomic E-state index is 12.4. The lowest BCUT2D eigenvalue weighted by Gasteiger charge is -2.31. The van der Waals surface area contributed by atoms with Gasteiger partial charge in [-0.25, -0.2) is 21.1 Å². The van der Waals surface area contributed by atoms with E-state index in [4.69, 9.17) is 0 Å². The van der Waals surface area contributed by atoms with E-state index >= 15 is 0 Å². The standard InChI is InChI=1S/C21H30N4O6S2/c1-32(28,29)25-10-2-3-16-4-5-17(13-19(16)25)23-21(27)20(26)22-14-15-8-11-24(12-9-15)33(30,31)18-6-7-18/h4-5,13,15,18H,2-3,6-12,14H2,1H3,(H,22,26)(H,23,27). The first-order valence-corrected chi connectivity index (χ1v) is 14.6. The van der Waals surface area contributed by atoms with Gasteiger partial charge >= 0.3 is 11.8 Å². The molecule has 3 aliphatic rings. The van der Waals surface area contributed by atoms with Crippen LogP contribution in [0, 0.1) is 5.92 Å². The first-order chi connectivity index (χ1) is 15.6. The van der Waals surface area contributed by atoms with Crippen molar-refractivity contribution in [3.8, 4) is 0 Å². The van der Waals surface area contributed by atoms with E-state index in [-0.39, 0.29) is 11.2 Å². The van der Waals surface area contributed by atoms with E-state index in [1.54, 1.807) is 22.5 Å². The number of benzene rings is 1. The van der Waals surface area contributed by atoms with Gasteiger partial charge in [0.1, 0.15) is 0 Å². The molecule has 33 heavy (non-hydrogen) atoms. The molecule has 0 atom stereocenters. The van der Waals surface area contributed by atoms with Crippen LogP contribution in [0.5, 0.6) is 0 Å². The number of nitrogens with one attached hydrogen (secondary N) is 2. The molecule has 0 aromatic heterocycles. The molecule has 2 aliphatic heterocycles. The SMILES string of the molecule is CS(=O)(=O)N1CCCc2ccc(NC(=O)C(=O)NCC3CCN(S(=O)(=O)C4CC4)CC3)cc21. The van der Waals surface area contributed by atoms with E-state index in [1.165, 1.54) is 4.31 Å². The summed E-state index contributed by atoms with van der Waals surface area (Å²) >= 11 is 0. The highest BCUT2D eigenvalue weighted by atomic mass is 32.2. The molecule has 0 spiro atoms. The fourth-order valence-electron chi connectivity index (χ4n) is 4.41. The van der Waals surface area contributed by atoms with Crippen molar-refractivity contribution < 1.29 is 26.4 Å². The molecule has 1 saturated carbocycles. The van der Waals surface area contributed by atoms with Crippen LogP contribution in [-0.2, 0) is 36.1 Å². The van der Waals surface area contributed by atoms with Crippen molar-refractivity contribution in [2.45, 2.75) is 43.8 Å². The fraction of sp³-hybridized carbons (Fsp3) is 0.619. The topological polar surface area (TPSA) is 133 Å². The largest absolute Gasteiger partial charge is 0.348 e. The number of hydrogen-bond acceptors (Lipinski definition) is 6. The Hall–Kier alpha value is -2.18. The van der Waals surface area contributed by atoms with E-state index in [0.717, 1.165) is 37.5 Å². The van der Waals surface area contributed by atoms with Gasteiger partial charge in [0, 0.05) is 31.9 Å². The summed E-state index contributed by atoms with van der Waals surface area (Å²) in [6, 6.07) is 5.01. The van der Waals surface area contributed by atoms with Crippen molar-refractivity contribution in [3.63, 3.8) is 0 Å². The predicted octanol–water partition coefficient (Wildman–Crippen LogP) is 0.658. The van der Waals surface area contributed by atoms with Gasteiger partial charge in [0.2, 0.25) is 20.0 Å². The van der Waals surface area contributed by atoms with Crippen LogP contribution in [-0.4, -0.2) is 70.6 Å². The van der Waals surface area contributed by atoms with Crippen molar-refractivity contribution >= 4 is 43.2 Å². The number of amides is 2. The van der Waals surface area contributed by atoms with E-state index < -0.39 is 31.9 Å². The van der Waals surface area contributed by atoms with Gasteiger partial charge in [-0.2, -0.15) is 0 Å². The zero-order valence-electron chi connectivity index (χ0n) is 18.6. The summed E-state index contributed by atoms with van der Waals surface area (Å²) in [5.41, 5.74) is 1.75. The normalized spacial score (nSPS) is 20.2. The summed E-state index contributed by atoms with van der Waals surface area (Å²) in [4.78, 5) is 24.6. The van der Waals surface area contributed by atoms with Gasteiger partial charge in [0.25, 0.3) is 0 Å². The lowest BCUT2D eigenvalue weighted by molar-refractivity contribution is -0.136. The van der Waals surface area contributed by atoms with Gasteiger partial charge in [0.05, 0.1) is 17.2 Å². The van der Waals surface area contributed by atoms with Gasteiger partial charge in [-0.1, -0.05) is 6.07 Å². The third-order valence-electron chi connectivity index (χ3n) is 6.46. The highest BCUT2D eigenvalue weighted by molar-refractivity contribution is 7.92. The molecule has 1 aliphatic carbocycles. The van der Waals surface area contributed by atoms with E-state index in [0.29, 0.717) is 50.4 Å². The van der Waals surface area contributed by atoms with Crippen LogP contribution >= 0.6 is 0 Å². The van der Waals surface area contributed by atoms with Crippen molar-refractivity contribution in [2.75, 3.05) is 42.1 Å². The first-order valence-electron chi connectivity index (χ1n) is 11.2. The molecule has 0 radical (unpaired) electrons. The number of carbonyl (C=O) groups is 2. The molecule has 0 bridgehead atoms. The summed E-state index contributed by atoms with van der Waals surface area (Å²) in [6.07, 6.45) is 5.37. The second kappa shape index (κ2) is 9.22. The summed E-state index contributed by atoms with van der Waals surface area (Å²) in [7, 11) is -6.61. The van der Waals surface area contributed by atoms with E-state index in [9.17, 15) is 26.4 Å². The highest BCUT2D eigenvalue weighted by Crippen LogP contribution is 2.33. The van der Waals surface area contributed by atoms with Crippen LogP contribution < -0.4 is 14.9 Å². The average Bonchev–Trinajstić information content (AvgIpc) is 3.62. The third kappa shape index (κ3) is 5.49. The number of anilines is 2. The minimum atomic E-state index is -3.44. The van der Waals surface area contributed by atoms with Crippen LogP contribution in [0.15, 0.2) is 18.2 Å². The number of piperidine rings is 1. The lowest BCUT2D eigenvalue weighted by Crippen LogP contribution is -2.44. The van der Waals surface area contributed by atoms with Gasteiger partial charge in [0.15, 0.2) is 0 Å². The molecule has 0 unspecified atom stereocenters. The minimum absolute atomic E-state index is 0.111. The fourth-order valence-corrected chi connectivity index (χ4v) is 7.27. The molecule has 2 heterocycles. The second-order valence-corrected chi connectivity index (χ2v) is 13.2. The molecule has 1 aromatic carbocycles. The van der Waals surface area contributed by atoms with Gasteiger partial charge < -0.3 is 10.6 Å². The Balaban J connectivity index is 1.29. The number of sulfonamides is 2. The quantitative estimate of drug-likeness (QED) is 0.554. The van der Waals surface area contributed by atoms with Crippen LogP contribution in [0.4, 0.5) is 11.4 Å². The maximum atomic E-state index is 12.4. The molecular formula is C21H30N4O6S2. The Bertz CT molecular complexity index is 1140. The predicted molar refractivity (Wildman–Crippen MR) is 125 cm³/mol. The molecule has 2 fully saturated rings. The molecule has 2 N–H and O–H groups in total. The smallest absolute Gasteiger partial charge is 0.313 e. The Morgan fingerprint density at radius 2 is 1.70 bits per heavy atom. The van der Waals surface area contributed by atoms with Crippen molar-refractivity contribution in [1.82, 2.24) is 9.62 Å². The molecule has 2 amide bonds. The molecular weight excluding hydrogens is 468 g/mol. The average molecular weight is 499 g/mol. The van der Waals surface area contributed by atoms with Crippen LogP contribution in [0.1, 0.15) is 37.7 Å². The molecule has 1 aromatic rings. The monoisotopic (exact) mass is 498 g/mol. The first kappa shape index (κ1) is 24.0. The van der Waals surface area contributed by atoms with Gasteiger partial charge in [-0.15, -0.1) is 0 Å². The molecule has 4 rings (SSSR count). The lowest BCUT2D eigenvalue weighted by atomic mass is 9.98.